The van der Waals surface area contributed by atoms with E-state index in [9.17, 15) is 4.79 Å². The van der Waals surface area contributed by atoms with E-state index in [-0.39, 0.29) is 11.7 Å². The number of anilines is 2. The zero-order valence-corrected chi connectivity index (χ0v) is 18.1. The summed E-state index contributed by atoms with van der Waals surface area (Å²) in [6.07, 6.45) is 0. The van der Waals surface area contributed by atoms with E-state index in [2.05, 4.69) is 44.6 Å². The molecule has 10 heteroatoms. The normalized spacial score (nSPS) is 14.2. The van der Waals surface area contributed by atoms with Gasteiger partial charge in [0.1, 0.15) is 5.82 Å². The monoisotopic (exact) mass is 427 g/mol. The first-order valence-corrected chi connectivity index (χ1v) is 10.8. The largest absolute Gasteiger partial charge is 0.378 e. The first-order valence-electron chi connectivity index (χ1n) is 9.80. The summed E-state index contributed by atoms with van der Waals surface area (Å²) >= 11 is 1.36. The Kier molecular flexibility index (Phi) is 6.05. The van der Waals surface area contributed by atoms with Crippen LogP contribution in [-0.4, -0.2) is 62.5 Å². The van der Waals surface area contributed by atoms with Gasteiger partial charge in [0.05, 0.1) is 30.3 Å². The molecule has 0 aliphatic carbocycles. The molecule has 0 saturated carbocycles. The Balaban J connectivity index is 1.55. The van der Waals surface area contributed by atoms with E-state index in [0.29, 0.717) is 24.2 Å². The second-order valence-corrected chi connectivity index (χ2v) is 8.13. The average Bonchev–Trinajstić information content (AvgIpc) is 3.29. The number of aromatic nitrogens is 5. The molecule has 158 valence electrons. The maximum Gasteiger partial charge on any atom is 0.235 e. The minimum Gasteiger partial charge on any atom is -0.378 e. The third-order valence-electron chi connectivity index (χ3n) is 4.77. The van der Waals surface area contributed by atoms with Gasteiger partial charge in [0.25, 0.3) is 0 Å². The number of carbonyl (C=O) groups is 1. The number of nitrogens with one attached hydrogen (secondary N) is 1. The molecular formula is C20H25N7O2S. The summed E-state index contributed by atoms with van der Waals surface area (Å²) in [4.78, 5) is 14.7. The van der Waals surface area contributed by atoms with E-state index in [1.54, 1.807) is 11.7 Å². The van der Waals surface area contributed by atoms with Crippen LogP contribution in [0.4, 0.5) is 11.8 Å². The standard InChI is InChI=1S/C20H25N7O2S/c1-14-5-4-6-16(11-14)27-19(26-7-9-29-10-8-26)22-23-20(27)30-13-18(28)21-17-12-15(2)24-25(17)3/h4-6,11-12H,7-10,13H2,1-3H3,(H,21,28). The summed E-state index contributed by atoms with van der Waals surface area (Å²) in [6, 6.07) is 10.0. The lowest BCUT2D eigenvalue weighted by Gasteiger charge is -2.28. The molecule has 4 rings (SSSR count). The Morgan fingerprint density at radius 2 is 2.00 bits per heavy atom. The molecule has 1 saturated heterocycles. The predicted octanol–water partition coefficient (Wildman–Crippen LogP) is 2.19. The minimum atomic E-state index is -0.116. The van der Waals surface area contributed by atoms with Gasteiger partial charge >= 0.3 is 0 Å². The highest BCUT2D eigenvalue weighted by Crippen LogP contribution is 2.27. The highest BCUT2D eigenvalue weighted by molar-refractivity contribution is 7.99. The van der Waals surface area contributed by atoms with Gasteiger partial charge in [-0.1, -0.05) is 23.9 Å². The fourth-order valence-electron chi connectivity index (χ4n) is 3.35. The van der Waals surface area contributed by atoms with E-state index in [1.807, 2.05) is 29.7 Å². The fourth-order valence-corrected chi connectivity index (χ4v) is 4.10. The van der Waals surface area contributed by atoms with Crippen LogP contribution in [0.25, 0.3) is 5.69 Å². The Bertz CT molecular complexity index is 1040. The van der Waals surface area contributed by atoms with Gasteiger partial charge in [0.15, 0.2) is 5.16 Å². The summed E-state index contributed by atoms with van der Waals surface area (Å²) < 4.78 is 9.15. The van der Waals surface area contributed by atoms with Crippen molar-refractivity contribution in [3.8, 4) is 5.69 Å². The predicted molar refractivity (Wildman–Crippen MR) is 116 cm³/mol. The van der Waals surface area contributed by atoms with Crippen LogP contribution in [0.3, 0.4) is 0 Å². The van der Waals surface area contributed by atoms with Crippen LogP contribution in [0, 0.1) is 13.8 Å². The second kappa shape index (κ2) is 8.88. The summed E-state index contributed by atoms with van der Waals surface area (Å²) in [6.45, 7) is 6.79. The van der Waals surface area contributed by atoms with E-state index in [0.717, 1.165) is 36.0 Å². The third kappa shape index (κ3) is 4.49. The van der Waals surface area contributed by atoms with E-state index < -0.39 is 0 Å². The molecule has 2 aromatic heterocycles. The Hall–Kier alpha value is -2.85. The molecule has 0 radical (unpaired) electrons. The number of carbonyl (C=O) groups excluding carboxylic acids is 1. The number of benzene rings is 1. The fraction of sp³-hybridized carbons (Fsp3) is 0.400. The zero-order chi connectivity index (χ0) is 21.1. The summed E-state index contributed by atoms with van der Waals surface area (Å²) in [5.41, 5.74) is 2.98. The molecule has 0 spiro atoms. The number of morpholine rings is 1. The van der Waals surface area contributed by atoms with Crippen molar-refractivity contribution >= 4 is 29.4 Å². The highest BCUT2D eigenvalue weighted by Gasteiger charge is 2.22. The van der Waals surface area contributed by atoms with Gasteiger partial charge in [0.2, 0.25) is 11.9 Å². The maximum atomic E-state index is 12.5. The maximum absolute atomic E-state index is 12.5. The van der Waals surface area contributed by atoms with Crippen molar-refractivity contribution in [2.45, 2.75) is 19.0 Å². The molecule has 0 bridgehead atoms. The number of aryl methyl sites for hydroxylation is 3. The van der Waals surface area contributed by atoms with Crippen molar-refractivity contribution in [1.82, 2.24) is 24.5 Å². The summed E-state index contributed by atoms with van der Waals surface area (Å²) in [5.74, 6) is 1.55. The zero-order valence-electron chi connectivity index (χ0n) is 17.3. The summed E-state index contributed by atoms with van der Waals surface area (Å²) in [5, 5.41) is 16.7. The molecular weight excluding hydrogens is 402 g/mol. The molecule has 0 unspecified atom stereocenters. The quantitative estimate of drug-likeness (QED) is 0.603. The second-order valence-electron chi connectivity index (χ2n) is 7.19. The minimum absolute atomic E-state index is 0.116. The van der Waals surface area contributed by atoms with Crippen molar-refractivity contribution in [2.75, 3.05) is 42.3 Å². The molecule has 9 nitrogen and oxygen atoms in total. The first kappa shape index (κ1) is 20.4. The SMILES string of the molecule is Cc1cccc(-n2c(SCC(=O)Nc3cc(C)nn3C)nnc2N2CCOCC2)c1. The molecule has 1 fully saturated rings. The lowest BCUT2D eigenvalue weighted by atomic mass is 10.2. The van der Waals surface area contributed by atoms with Crippen molar-refractivity contribution in [3.63, 3.8) is 0 Å². The van der Waals surface area contributed by atoms with Crippen LogP contribution >= 0.6 is 11.8 Å². The molecule has 1 aliphatic heterocycles. The van der Waals surface area contributed by atoms with Gasteiger partial charge in [-0.3, -0.25) is 14.0 Å². The lowest BCUT2D eigenvalue weighted by Crippen LogP contribution is -2.37. The molecule has 1 aliphatic rings. The Labute approximate surface area is 179 Å². The van der Waals surface area contributed by atoms with Gasteiger partial charge in [-0.25, -0.2) is 0 Å². The van der Waals surface area contributed by atoms with Crippen LogP contribution in [0.15, 0.2) is 35.5 Å². The highest BCUT2D eigenvalue weighted by atomic mass is 32.2. The van der Waals surface area contributed by atoms with Crippen LogP contribution in [-0.2, 0) is 16.6 Å². The smallest absolute Gasteiger partial charge is 0.235 e. The number of amides is 1. The van der Waals surface area contributed by atoms with E-state index in [4.69, 9.17) is 4.74 Å². The number of hydrogen-bond acceptors (Lipinski definition) is 7. The Morgan fingerprint density at radius 3 is 2.70 bits per heavy atom. The topological polar surface area (TPSA) is 90.1 Å². The van der Waals surface area contributed by atoms with Gasteiger partial charge in [-0.15, -0.1) is 10.2 Å². The molecule has 30 heavy (non-hydrogen) atoms. The molecule has 1 N–H and O–H groups in total. The van der Waals surface area contributed by atoms with Gasteiger partial charge in [0, 0.05) is 26.2 Å². The average molecular weight is 428 g/mol. The van der Waals surface area contributed by atoms with Crippen molar-refractivity contribution in [2.24, 2.45) is 7.05 Å². The number of ether oxygens (including phenoxy) is 1. The molecule has 0 atom stereocenters. The number of nitrogens with zero attached hydrogens (tertiary/aromatic N) is 6. The summed E-state index contributed by atoms with van der Waals surface area (Å²) in [7, 11) is 1.80. The molecule has 1 amide bonds. The number of hydrogen-bond donors (Lipinski definition) is 1. The number of thioether (sulfide) groups is 1. The van der Waals surface area contributed by atoms with Crippen LogP contribution < -0.4 is 10.2 Å². The lowest BCUT2D eigenvalue weighted by molar-refractivity contribution is -0.113. The van der Waals surface area contributed by atoms with Gasteiger partial charge in [-0.05, 0) is 31.5 Å². The van der Waals surface area contributed by atoms with E-state index in [1.165, 1.54) is 11.8 Å². The van der Waals surface area contributed by atoms with E-state index >= 15 is 0 Å². The van der Waals surface area contributed by atoms with Crippen LogP contribution in [0.5, 0.6) is 0 Å². The Morgan fingerprint density at radius 1 is 1.20 bits per heavy atom. The van der Waals surface area contributed by atoms with Gasteiger partial charge < -0.3 is 15.0 Å². The molecule has 3 aromatic rings. The van der Waals surface area contributed by atoms with Crippen molar-refractivity contribution < 1.29 is 9.53 Å². The third-order valence-corrected chi connectivity index (χ3v) is 5.70. The van der Waals surface area contributed by atoms with Crippen molar-refractivity contribution in [3.05, 3.63) is 41.6 Å². The van der Waals surface area contributed by atoms with Gasteiger partial charge in [-0.2, -0.15) is 5.10 Å². The van der Waals surface area contributed by atoms with Crippen LogP contribution in [0.1, 0.15) is 11.3 Å². The molecule has 3 heterocycles. The molecule has 1 aromatic carbocycles. The van der Waals surface area contributed by atoms with Crippen LogP contribution in [0.2, 0.25) is 0 Å². The number of rotatable bonds is 6. The first-order chi connectivity index (χ1) is 14.5. The van der Waals surface area contributed by atoms with Crippen molar-refractivity contribution in [1.29, 1.82) is 0 Å².